The number of benzene rings is 2. The first-order valence-electron chi connectivity index (χ1n) is 8.34. The van der Waals surface area contributed by atoms with Crippen molar-refractivity contribution in [3.63, 3.8) is 0 Å². The van der Waals surface area contributed by atoms with Crippen LogP contribution in [0.1, 0.15) is 28.4 Å². The highest BCUT2D eigenvalue weighted by Crippen LogP contribution is 2.23. The first-order valence-corrected chi connectivity index (χ1v) is 9.33. The van der Waals surface area contributed by atoms with E-state index in [1.54, 1.807) is 28.9 Å². The van der Waals surface area contributed by atoms with Crippen molar-refractivity contribution in [1.82, 2.24) is 20.2 Å². The number of ketones is 1. The van der Waals surface area contributed by atoms with Crippen LogP contribution in [0.25, 0.3) is 5.69 Å². The molecule has 0 aliphatic heterocycles. The lowest BCUT2D eigenvalue weighted by atomic mass is 10.1. The van der Waals surface area contributed by atoms with Gasteiger partial charge in [0.1, 0.15) is 0 Å². The number of nitrogens with zero attached hydrogens (tertiary/aromatic N) is 4. The van der Waals surface area contributed by atoms with Crippen LogP contribution >= 0.6 is 11.8 Å². The van der Waals surface area contributed by atoms with Gasteiger partial charge in [-0.15, -0.1) is 5.10 Å². The third kappa shape index (κ3) is 4.40. The van der Waals surface area contributed by atoms with Crippen molar-refractivity contribution in [3.8, 4) is 5.69 Å². The van der Waals surface area contributed by atoms with Gasteiger partial charge in [0.05, 0.1) is 11.4 Å². The Bertz CT molecular complexity index is 962. The summed E-state index contributed by atoms with van der Waals surface area (Å²) in [6.45, 7) is 5.50. The van der Waals surface area contributed by atoms with Gasteiger partial charge < -0.3 is 5.32 Å². The van der Waals surface area contributed by atoms with Crippen LogP contribution in [-0.4, -0.2) is 37.7 Å². The van der Waals surface area contributed by atoms with Crippen LogP contribution in [0.15, 0.2) is 47.6 Å². The van der Waals surface area contributed by atoms with Gasteiger partial charge in [-0.3, -0.25) is 9.59 Å². The van der Waals surface area contributed by atoms with E-state index in [0.29, 0.717) is 16.4 Å². The lowest BCUT2D eigenvalue weighted by Gasteiger charge is -2.10. The van der Waals surface area contributed by atoms with E-state index in [9.17, 15) is 9.59 Å². The fourth-order valence-electron chi connectivity index (χ4n) is 2.66. The second-order valence-corrected chi connectivity index (χ2v) is 7.03. The Morgan fingerprint density at radius 2 is 1.74 bits per heavy atom. The molecule has 138 valence electrons. The number of carbonyl (C=O) groups is 2. The van der Waals surface area contributed by atoms with Gasteiger partial charge in [-0.05, 0) is 66.6 Å². The molecule has 7 nitrogen and oxygen atoms in total. The lowest BCUT2D eigenvalue weighted by Crippen LogP contribution is -2.15. The SMILES string of the molecule is CC(=O)c1ccc(NC(=O)CSc2nnnn2-c2c(C)cccc2C)cc1. The largest absolute Gasteiger partial charge is 0.325 e. The first kappa shape index (κ1) is 18.8. The van der Waals surface area contributed by atoms with Crippen LogP contribution < -0.4 is 5.32 Å². The predicted molar refractivity (Wildman–Crippen MR) is 104 cm³/mol. The van der Waals surface area contributed by atoms with Crippen molar-refractivity contribution in [3.05, 3.63) is 59.2 Å². The molecule has 8 heteroatoms. The Kier molecular flexibility index (Phi) is 5.66. The second-order valence-electron chi connectivity index (χ2n) is 6.08. The van der Waals surface area contributed by atoms with Gasteiger partial charge >= 0.3 is 0 Å². The Hall–Kier alpha value is -3.00. The van der Waals surface area contributed by atoms with Crippen LogP contribution in [0, 0.1) is 13.8 Å². The van der Waals surface area contributed by atoms with Gasteiger partial charge in [0, 0.05) is 11.3 Å². The van der Waals surface area contributed by atoms with Gasteiger partial charge in [0.15, 0.2) is 5.78 Å². The molecule has 0 aliphatic rings. The molecule has 3 rings (SSSR count). The van der Waals surface area contributed by atoms with Crippen LogP contribution in [0.3, 0.4) is 0 Å². The molecule has 1 amide bonds. The molecule has 3 aromatic rings. The summed E-state index contributed by atoms with van der Waals surface area (Å²) in [5.41, 5.74) is 4.28. The van der Waals surface area contributed by atoms with Crippen LogP contribution in [0.5, 0.6) is 0 Å². The molecule has 0 saturated heterocycles. The zero-order chi connectivity index (χ0) is 19.4. The Labute approximate surface area is 161 Å². The van der Waals surface area contributed by atoms with Gasteiger partial charge in [-0.1, -0.05) is 30.0 Å². The molecule has 0 radical (unpaired) electrons. The number of hydrogen-bond acceptors (Lipinski definition) is 6. The predicted octanol–water partition coefficient (Wildman–Crippen LogP) is 3.21. The summed E-state index contributed by atoms with van der Waals surface area (Å²) in [5.74, 6) is -0.0202. The van der Waals surface area contributed by atoms with Crippen molar-refractivity contribution in [2.45, 2.75) is 25.9 Å². The zero-order valence-electron chi connectivity index (χ0n) is 15.3. The van der Waals surface area contributed by atoms with Crippen LogP contribution in [0.2, 0.25) is 0 Å². The number of aromatic nitrogens is 4. The Morgan fingerprint density at radius 3 is 2.37 bits per heavy atom. The number of hydrogen-bond donors (Lipinski definition) is 1. The number of amides is 1. The van der Waals surface area contributed by atoms with E-state index in [1.165, 1.54) is 18.7 Å². The number of thioether (sulfide) groups is 1. The summed E-state index contributed by atoms with van der Waals surface area (Å²) in [7, 11) is 0. The van der Waals surface area contributed by atoms with Crippen molar-refractivity contribution in [2.24, 2.45) is 0 Å². The molecule has 0 spiro atoms. The average molecular weight is 381 g/mol. The molecule has 0 unspecified atom stereocenters. The fourth-order valence-corrected chi connectivity index (χ4v) is 3.34. The zero-order valence-corrected chi connectivity index (χ0v) is 16.1. The van der Waals surface area contributed by atoms with Crippen molar-refractivity contribution in [1.29, 1.82) is 0 Å². The van der Waals surface area contributed by atoms with E-state index in [2.05, 4.69) is 20.8 Å². The van der Waals surface area contributed by atoms with E-state index in [0.717, 1.165) is 16.8 Å². The molecule has 1 N–H and O–H groups in total. The standard InChI is InChI=1S/C19H19N5O2S/c1-12-5-4-6-13(2)18(12)24-19(21-22-23-24)27-11-17(26)20-16-9-7-15(8-10-16)14(3)25/h4-10H,11H2,1-3H3,(H,20,26). The van der Waals surface area contributed by atoms with E-state index < -0.39 is 0 Å². The summed E-state index contributed by atoms with van der Waals surface area (Å²) < 4.78 is 1.66. The van der Waals surface area contributed by atoms with E-state index in [4.69, 9.17) is 0 Å². The highest BCUT2D eigenvalue weighted by Gasteiger charge is 2.15. The summed E-state index contributed by atoms with van der Waals surface area (Å²) in [6.07, 6.45) is 0. The molecule has 2 aromatic carbocycles. The molecule has 1 aromatic heterocycles. The van der Waals surface area contributed by atoms with Gasteiger partial charge in [0.2, 0.25) is 11.1 Å². The quantitative estimate of drug-likeness (QED) is 0.521. The third-order valence-electron chi connectivity index (χ3n) is 4.00. The monoisotopic (exact) mass is 381 g/mol. The van der Waals surface area contributed by atoms with Crippen molar-refractivity contribution < 1.29 is 9.59 Å². The molecule has 0 aliphatic carbocycles. The molecule has 27 heavy (non-hydrogen) atoms. The minimum Gasteiger partial charge on any atom is -0.325 e. The minimum absolute atomic E-state index is 0.0123. The van der Waals surface area contributed by atoms with E-state index in [-0.39, 0.29) is 17.4 Å². The molecule has 0 fully saturated rings. The minimum atomic E-state index is -0.174. The number of rotatable bonds is 6. The lowest BCUT2D eigenvalue weighted by molar-refractivity contribution is -0.113. The fraction of sp³-hybridized carbons (Fsp3) is 0.211. The van der Waals surface area contributed by atoms with Gasteiger partial charge in [0.25, 0.3) is 0 Å². The number of carbonyl (C=O) groups excluding carboxylic acids is 2. The summed E-state index contributed by atoms with van der Waals surface area (Å²) >= 11 is 1.26. The summed E-state index contributed by atoms with van der Waals surface area (Å²) in [6, 6.07) is 12.8. The average Bonchev–Trinajstić information content (AvgIpc) is 3.08. The van der Waals surface area contributed by atoms with E-state index in [1.807, 2.05) is 32.0 Å². The maximum atomic E-state index is 12.2. The normalized spacial score (nSPS) is 10.6. The Morgan fingerprint density at radius 1 is 1.07 bits per heavy atom. The smallest absolute Gasteiger partial charge is 0.234 e. The number of tetrazole rings is 1. The number of para-hydroxylation sites is 1. The van der Waals surface area contributed by atoms with Crippen LogP contribution in [-0.2, 0) is 4.79 Å². The van der Waals surface area contributed by atoms with Gasteiger partial charge in [-0.25, -0.2) is 0 Å². The summed E-state index contributed by atoms with van der Waals surface area (Å²) in [4.78, 5) is 23.5. The first-order chi connectivity index (χ1) is 13.0. The maximum Gasteiger partial charge on any atom is 0.234 e. The maximum absolute atomic E-state index is 12.2. The molecule has 0 saturated carbocycles. The highest BCUT2D eigenvalue weighted by atomic mass is 32.2. The topological polar surface area (TPSA) is 89.8 Å². The number of anilines is 1. The van der Waals surface area contributed by atoms with Crippen molar-refractivity contribution in [2.75, 3.05) is 11.1 Å². The third-order valence-corrected chi connectivity index (χ3v) is 4.92. The molecule has 0 bridgehead atoms. The summed E-state index contributed by atoms with van der Waals surface area (Å²) in [5, 5.41) is 15.2. The number of aryl methyl sites for hydroxylation is 2. The highest BCUT2D eigenvalue weighted by molar-refractivity contribution is 7.99. The van der Waals surface area contributed by atoms with E-state index >= 15 is 0 Å². The number of nitrogens with one attached hydrogen (secondary N) is 1. The number of Topliss-reactive ketones (excluding diaryl/α,β-unsaturated/α-hetero) is 1. The molecule has 0 atom stereocenters. The molecular formula is C19H19N5O2S. The molecular weight excluding hydrogens is 362 g/mol. The Balaban J connectivity index is 1.67. The molecule has 1 heterocycles. The van der Waals surface area contributed by atoms with Crippen molar-refractivity contribution >= 4 is 29.1 Å². The second kappa shape index (κ2) is 8.13. The van der Waals surface area contributed by atoms with Gasteiger partial charge in [-0.2, -0.15) is 4.68 Å². The van der Waals surface area contributed by atoms with Crippen LogP contribution in [0.4, 0.5) is 5.69 Å².